The lowest BCUT2D eigenvalue weighted by Gasteiger charge is -2.38. The quantitative estimate of drug-likeness (QED) is 0.597. The molecule has 0 aromatic heterocycles. The number of carbonyl (C=O) groups is 1. The zero-order valence-corrected chi connectivity index (χ0v) is 13.2. The number of benzene rings is 2. The molecule has 3 rings (SSSR count). The fourth-order valence-corrected chi connectivity index (χ4v) is 3.63. The van der Waals surface area contributed by atoms with Crippen LogP contribution >= 0.6 is 0 Å². The van der Waals surface area contributed by atoms with Gasteiger partial charge in [-0.1, -0.05) is 73.7 Å². The number of hydrogen-bond acceptors (Lipinski definition) is 2. The van der Waals surface area contributed by atoms with Crippen molar-refractivity contribution < 1.29 is 9.53 Å². The van der Waals surface area contributed by atoms with E-state index in [4.69, 9.17) is 4.74 Å². The molecule has 0 aliphatic heterocycles. The lowest BCUT2D eigenvalue weighted by molar-refractivity contribution is -0.146. The topological polar surface area (TPSA) is 26.3 Å². The van der Waals surface area contributed by atoms with Gasteiger partial charge in [-0.15, -0.1) is 0 Å². The molecule has 118 valence electrons. The highest BCUT2D eigenvalue weighted by atomic mass is 16.5. The first-order valence-electron chi connectivity index (χ1n) is 8.22. The highest BCUT2D eigenvalue weighted by Crippen LogP contribution is 2.43. The number of ether oxygens (including phenoxy) is 1. The molecule has 0 saturated heterocycles. The van der Waals surface area contributed by atoms with Crippen molar-refractivity contribution in [2.24, 2.45) is 0 Å². The van der Waals surface area contributed by atoms with E-state index in [0.29, 0.717) is 0 Å². The molecule has 0 radical (unpaired) electrons. The maximum atomic E-state index is 11.9. The number of hydrogen-bond donors (Lipinski definition) is 0. The number of esters is 1. The fraction of sp³-hybridized carbons (Fsp3) is 0.286. The molecule has 2 heteroatoms. The second-order valence-corrected chi connectivity index (χ2v) is 6.07. The summed E-state index contributed by atoms with van der Waals surface area (Å²) >= 11 is 0. The zero-order chi connectivity index (χ0) is 16.1. The van der Waals surface area contributed by atoms with Gasteiger partial charge in [0.1, 0.15) is 6.10 Å². The predicted molar refractivity (Wildman–Crippen MR) is 92.3 cm³/mol. The van der Waals surface area contributed by atoms with Gasteiger partial charge in [-0.2, -0.15) is 0 Å². The van der Waals surface area contributed by atoms with Crippen molar-refractivity contribution in [1.29, 1.82) is 0 Å². The maximum absolute atomic E-state index is 11.9. The lowest BCUT2D eigenvalue weighted by Crippen LogP contribution is -2.34. The largest absolute Gasteiger partial charge is 0.458 e. The van der Waals surface area contributed by atoms with Crippen LogP contribution in [0.2, 0.25) is 0 Å². The molecule has 0 bridgehead atoms. The molecule has 2 atom stereocenters. The second kappa shape index (κ2) is 7.28. The third-order valence-corrected chi connectivity index (χ3v) is 4.70. The van der Waals surface area contributed by atoms with Gasteiger partial charge in [0.15, 0.2) is 0 Å². The predicted octanol–water partition coefficient (Wildman–Crippen LogP) is 4.84. The average Bonchev–Trinajstić information content (AvgIpc) is 2.63. The molecule has 0 heterocycles. The molecule has 1 saturated carbocycles. The first-order chi connectivity index (χ1) is 11.3. The molecule has 2 nitrogen and oxygen atoms in total. The Labute approximate surface area is 137 Å². The van der Waals surface area contributed by atoms with Gasteiger partial charge in [-0.3, -0.25) is 0 Å². The molecule has 1 fully saturated rings. The lowest BCUT2D eigenvalue weighted by atomic mass is 9.73. The summed E-state index contributed by atoms with van der Waals surface area (Å²) in [7, 11) is 0. The standard InChI is InChI=1S/C21H22O2/c1-2-20(22)23-21-18(16-10-5-3-6-11-16)14-9-15-19(21)17-12-7-4-8-13-17/h2-8,10-13,18-19,21H,1,9,14-15H2. The van der Waals surface area contributed by atoms with Crippen molar-refractivity contribution in [2.75, 3.05) is 0 Å². The van der Waals surface area contributed by atoms with Crippen molar-refractivity contribution in [2.45, 2.75) is 37.2 Å². The Morgan fingerprint density at radius 3 is 1.83 bits per heavy atom. The first kappa shape index (κ1) is 15.5. The molecule has 2 aromatic rings. The molecule has 0 N–H and O–H groups in total. The van der Waals surface area contributed by atoms with Gasteiger partial charge in [0, 0.05) is 17.9 Å². The van der Waals surface area contributed by atoms with Crippen molar-refractivity contribution in [3.05, 3.63) is 84.4 Å². The Balaban J connectivity index is 1.95. The van der Waals surface area contributed by atoms with E-state index in [-0.39, 0.29) is 23.9 Å². The third kappa shape index (κ3) is 3.53. The van der Waals surface area contributed by atoms with Crippen LogP contribution in [0.5, 0.6) is 0 Å². The van der Waals surface area contributed by atoms with E-state index in [1.807, 2.05) is 36.4 Å². The van der Waals surface area contributed by atoms with Crippen LogP contribution in [0.25, 0.3) is 0 Å². The molecule has 1 aliphatic rings. The second-order valence-electron chi connectivity index (χ2n) is 6.07. The Hall–Kier alpha value is -2.35. The summed E-state index contributed by atoms with van der Waals surface area (Å²) in [6, 6.07) is 20.8. The third-order valence-electron chi connectivity index (χ3n) is 4.70. The van der Waals surface area contributed by atoms with Crippen LogP contribution in [0.1, 0.15) is 42.2 Å². The first-order valence-corrected chi connectivity index (χ1v) is 8.22. The summed E-state index contributed by atoms with van der Waals surface area (Å²) < 4.78 is 5.82. The van der Waals surface area contributed by atoms with Crippen molar-refractivity contribution in [3.63, 3.8) is 0 Å². The Morgan fingerprint density at radius 2 is 1.39 bits per heavy atom. The molecular formula is C21H22O2. The summed E-state index contributed by atoms with van der Waals surface area (Å²) in [6.07, 6.45) is 4.35. The van der Waals surface area contributed by atoms with E-state index in [9.17, 15) is 4.79 Å². The van der Waals surface area contributed by atoms with Gasteiger partial charge in [0.05, 0.1) is 0 Å². The highest BCUT2D eigenvalue weighted by molar-refractivity contribution is 5.81. The van der Waals surface area contributed by atoms with E-state index in [1.165, 1.54) is 17.2 Å². The van der Waals surface area contributed by atoms with E-state index >= 15 is 0 Å². The summed E-state index contributed by atoms with van der Waals surface area (Å²) in [6.45, 7) is 3.55. The maximum Gasteiger partial charge on any atom is 0.330 e. The zero-order valence-electron chi connectivity index (χ0n) is 13.2. The van der Waals surface area contributed by atoms with Gasteiger partial charge in [0.2, 0.25) is 0 Å². The molecule has 0 amide bonds. The van der Waals surface area contributed by atoms with E-state index in [1.54, 1.807) is 0 Å². The summed E-state index contributed by atoms with van der Waals surface area (Å²) in [4.78, 5) is 11.9. The van der Waals surface area contributed by atoms with Crippen LogP contribution in [0, 0.1) is 0 Å². The molecule has 0 spiro atoms. The molecule has 1 aliphatic carbocycles. The van der Waals surface area contributed by atoms with Crippen molar-refractivity contribution in [3.8, 4) is 0 Å². The van der Waals surface area contributed by atoms with Gasteiger partial charge in [-0.05, 0) is 24.0 Å². The summed E-state index contributed by atoms with van der Waals surface area (Å²) in [5.41, 5.74) is 2.49. The van der Waals surface area contributed by atoms with Crippen molar-refractivity contribution in [1.82, 2.24) is 0 Å². The van der Waals surface area contributed by atoms with Crippen LogP contribution in [0.15, 0.2) is 73.3 Å². The molecular weight excluding hydrogens is 284 g/mol. The van der Waals surface area contributed by atoms with Crippen LogP contribution < -0.4 is 0 Å². The normalized spacial score (nSPS) is 23.9. The van der Waals surface area contributed by atoms with Crippen LogP contribution in [-0.2, 0) is 9.53 Å². The van der Waals surface area contributed by atoms with Crippen LogP contribution in [-0.4, -0.2) is 12.1 Å². The van der Waals surface area contributed by atoms with E-state index in [2.05, 4.69) is 30.8 Å². The SMILES string of the molecule is C=CC(=O)OC1C(c2ccccc2)CCCC1c1ccccc1. The Kier molecular flexibility index (Phi) is 4.92. The number of carbonyl (C=O) groups excluding carboxylic acids is 1. The monoisotopic (exact) mass is 306 g/mol. The average molecular weight is 306 g/mol. The van der Waals surface area contributed by atoms with Crippen LogP contribution in [0.4, 0.5) is 0 Å². The van der Waals surface area contributed by atoms with Gasteiger partial charge in [0.25, 0.3) is 0 Å². The number of rotatable bonds is 4. The van der Waals surface area contributed by atoms with E-state index in [0.717, 1.165) is 19.3 Å². The summed E-state index contributed by atoms with van der Waals surface area (Å²) in [5.74, 6) is 0.136. The Bertz CT molecular complexity index is 601. The minimum absolute atomic E-state index is 0.140. The molecule has 23 heavy (non-hydrogen) atoms. The van der Waals surface area contributed by atoms with Gasteiger partial charge in [-0.25, -0.2) is 4.79 Å². The van der Waals surface area contributed by atoms with Gasteiger partial charge >= 0.3 is 5.97 Å². The minimum atomic E-state index is -0.334. The fourth-order valence-electron chi connectivity index (χ4n) is 3.63. The Morgan fingerprint density at radius 1 is 0.913 bits per heavy atom. The minimum Gasteiger partial charge on any atom is -0.458 e. The van der Waals surface area contributed by atoms with Crippen molar-refractivity contribution >= 4 is 5.97 Å². The van der Waals surface area contributed by atoms with E-state index < -0.39 is 0 Å². The van der Waals surface area contributed by atoms with Gasteiger partial charge < -0.3 is 4.74 Å². The van der Waals surface area contributed by atoms with Crippen LogP contribution in [0.3, 0.4) is 0 Å². The molecule has 2 unspecified atom stereocenters. The summed E-state index contributed by atoms with van der Waals surface area (Å²) in [5, 5.41) is 0. The highest BCUT2D eigenvalue weighted by Gasteiger charge is 2.37. The smallest absolute Gasteiger partial charge is 0.330 e. The molecule has 2 aromatic carbocycles.